The van der Waals surface area contributed by atoms with Gasteiger partial charge in [-0.15, -0.1) is 0 Å². The first kappa shape index (κ1) is 35.6. The average Bonchev–Trinajstić information content (AvgIpc) is 3.42. The Balaban J connectivity index is 1.33. The molecule has 0 amide bonds. The fourth-order valence-electron chi connectivity index (χ4n) is 9.96. The second-order valence-electron chi connectivity index (χ2n) is 19.1. The number of aryl methyl sites for hydroxylation is 1. The molecule has 0 N–H and O–H groups in total. The van der Waals surface area contributed by atoms with E-state index in [1.54, 1.807) is 0 Å². The lowest BCUT2D eigenvalue weighted by molar-refractivity contribution is 0.590. The van der Waals surface area contributed by atoms with Crippen LogP contribution in [0.1, 0.15) is 83.2 Å². The van der Waals surface area contributed by atoms with Crippen LogP contribution in [0.25, 0.3) is 33.4 Å². The van der Waals surface area contributed by atoms with Crippen molar-refractivity contribution < 1.29 is 0 Å². The number of nitrogens with zero attached hydrogens (tertiary/aromatic N) is 2. The van der Waals surface area contributed by atoms with Gasteiger partial charge >= 0.3 is 6.85 Å². The molecule has 3 aliphatic rings. The summed E-state index contributed by atoms with van der Waals surface area (Å²) in [5.41, 5.74) is 23.2. The Kier molecular flexibility index (Phi) is 7.72. The van der Waals surface area contributed by atoms with Crippen molar-refractivity contribution in [1.29, 1.82) is 0 Å². The van der Waals surface area contributed by atoms with Gasteiger partial charge < -0.3 is 9.71 Å². The highest BCUT2D eigenvalue weighted by Crippen LogP contribution is 2.54. The Morgan fingerprint density at radius 3 is 1.84 bits per heavy atom. The first-order valence-corrected chi connectivity index (χ1v) is 20.6. The van der Waals surface area contributed by atoms with Gasteiger partial charge in [-0.3, -0.25) is 0 Å². The van der Waals surface area contributed by atoms with Crippen LogP contribution in [0, 0.1) is 6.92 Å². The van der Waals surface area contributed by atoms with Crippen LogP contribution < -0.4 is 20.6 Å². The lowest BCUT2D eigenvalue weighted by Gasteiger charge is -2.46. The summed E-state index contributed by atoms with van der Waals surface area (Å²) >= 11 is 0. The monoisotopic (exact) mass is 738 g/mol. The minimum absolute atomic E-state index is 0.00166. The smallest absolute Gasteiger partial charge is 0.333 e. The summed E-state index contributed by atoms with van der Waals surface area (Å²) in [6, 6.07) is 55.7. The van der Waals surface area contributed by atoms with Gasteiger partial charge in [0.25, 0.3) is 0 Å². The number of hydrogen-bond donors (Lipinski definition) is 0. The molecule has 0 radical (unpaired) electrons. The maximum Gasteiger partial charge on any atom is 0.333 e. The molecular formula is C54H51BN2. The Hall–Kier alpha value is -5.80. The van der Waals surface area contributed by atoms with Gasteiger partial charge in [-0.1, -0.05) is 159 Å². The van der Waals surface area contributed by atoms with E-state index in [0.29, 0.717) is 0 Å². The molecular weight excluding hydrogens is 687 g/mol. The summed E-state index contributed by atoms with van der Waals surface area (Å²) in [5.74, 6) is 0. The second kappa shape index (κ2) is 12.4. The molecule has 2 heterocycles. The van der Waals surface area contributed by atoms with E-state index in [0.717, 1.165) is 0 Å². The molecule has 0 bridgehead atoms. The number of anilines is 5. The second-order valence-corrected chi connectivity index (χ2v) is 19.1. The Labute approximate surface area is 340 Å². The van der Waals surface area contributed by atoms with Crippen LogP contribution in [0.4, 0.5) is 28.4 Å². The van der Waals surface area contributed by atoms with Gasteiger partial charge in [-0.05, 0) is 121 Å². The molecule has 10 rings (SSSR count). The van der Waals surface area contributed by atoms with Crippen molar-refractivity contribution in [2.75, 3.05) is 9.71 Å². The summed E-state index contributed by atoms with van der Waals surface area (Å²) in [7, 11) is 0. The van der Waals surface area contributed by atoms with E-state index in [-0.39, 0.29) is 23.1 Å². The molecule has 0 aromatic heterocycles. The lowest BCUT2D eigenvalue weighted by atomic mass is 9.43. The van der Waals surface area contributed by atoms with Crippen LogP contribution in [0.2, 0.25) is 0 Å². The largest absolute Gasteiger partial charge is 0.376 e. The fourth-order valence-corrected chi connectivity index (χ4v) is 9.96. The van der Waals surface area contributed by atoms with Gasteiger partial charge in [0.1, 0.15) is 0 Å². The standard InChI is InChI=1S/C54H51BN2/c1-34-29-43-40-20-14-16-22-48(40)57(38-26-23-36(24-27-38)52(2,3)4)55-46-33-45-42(39-19-13-15-21-44(39)54(45,8)9)32-49(46)56(50(30-34)51(43)55)47-28-25-37(53(5,6)7)31-41(47)35-17-11-10-12-18-35/h10-33H,1-9H3. The average molecular weight is 739 g/mol. The third-order valence-electron chi connectivity index (χ3n) is 13.0. The molecule has 0 saturated carbocycles. The van der Waals surface area contributed by atoms with Gasteiger partial charge in [0, 0.05) is 39.3 Å². The minimum Gasteiger partial charge on any atom is -0.376 e. The molecule has 0 saturated heterocycles. The zero-order valence-corrected chi connectivity index (χ0v) is 34.8. The highest BCUT2D eigenvalue weighted by Gasteiger charge is 2.47. The van der Waals surface area contributed by atoms with Crippen molar-refractivity contribution >= 4 is 46.2 Å². The summed E-state index contributed by atoms with van der Waals surface area (Å²) < 4.78 is 0. The topological polar surface area (TPSA) is 6.48 Å². The predicted octanol–water partition coefficient (Wildman–Crippen LogP) is 13.3. The van der Waals surface area contributed by atoms with Crippen LogP contribution in [0.15, 0.2) is 146 Å². The Bertz CT molecular complexity index is 2740. The number of fused-ring (bicyclic) bond motifs is 7. The van der Waals surface area contributed by atoms with Gasteiger partial charge in [-0.2, -0.15) is 0 Å². The van der Waals surface area contributed by atoms with Crippen molar-refractivity contribution in [3.63, 3.8) is 0 Å². The molecule has 3 heteroatoms. The number of hydrogen-bond acceptors (Lipinski definition) is 2. The SMILES string of the molecule is Cc1cc2c3c(c1)N(c1ccc(C(C)(C)C)cc1-c1ccccc1)c1cc4c(cc1B3N(c1ccc(C(C)(C)C)cc1)c1ccccc1-2)C(C)(C)c1ccccc1-4. The summed E-state index contributed by atoms with van der Waals surface area (Å²) in [6.07, 6.45) is 0. The van der Waals surface area contributed by atoms with Crippen molar-refractivity contribution in [2.45, 2.75) is 78.6 Å². The molecule has 280 valence electrons. The number of para-hydroxylation sites is 1. The van der Waals surface area contributed by atoms with Crippen molar-refractivity contribution in [3.8, 4) is 33.4 Å². The van der Waals surface area contributed by atoms with Gasteiger partial charge in [0.15, 0.2) is 0 Å². The van der Waals surface area contributed by atoms with E-state index in [1.807, 2.05) is 0 Å². The van der Waals surface area contributed by atoms with Crippen LogP contribution in [0.5, 0.6) is 0 Å². The zero-order valence-electron chi connectivity index (χ0n) is 34.8. The molecule has 1 aliphatic carbocycles. The normalized spacial score (nSPS) is 14.8. The van der Waals surface area contributed by atoms with Crippen LogP contribution in [0.3, 0.4) is 0 Å². The fraction of sp³-hybridized carbons (Fsp3) is 0.222. The third-order valence-corrected chi connectivity index (χ3v) is 13.0. The molecule has 0 unspecified atom stereocenters. The molecule has 57 heavy (non-hydrogen) atoms. The van der Waals surface area contributed by atoms with E-state index in [4.69, 9.17) is 0 Å². The van der Waals surface area contributed by atoms with E-state index in [9.17, 15) is 0 Å². The molecule has 2 aliphatic heterocycles. The van der Waals surface area contributed by atoms with Crippen molar-refractivity contribution in [1.82, 2.24) is 0 Å². The van der Waals surface area contributed by atoms with E-state index in [1.165, 1.54) is 101 Å². The lowest BCUT2D eigenvalue weighted by Crippen LogP contribution is -2.61. The zero-order chi connectivity index (χ0) is 39.6. The van der Waals surface area contributed by atoms with Crippen molar-refractivity contribution in [2.24, 2.45) is 0 Å². The van der Waals surface area contributed by atoms with Crippen LogP contribution in [-0.2, 0) is 16.2 Å². The summed E-state index contributed by atoms with van der Waals surface area (Å²) in [6.45, 7) is 20.9. The number of benzene rings is 7. The first-order valence-electron chi connectivity index (χ1n) is 20.6. The summed E-state index contributed by atoms with van der Waals surface area (Å²) in [5, 5.41) is 0. The minimum atomic E-state index is -0.141. The Morgan fingerprint density at radius 1 is 0.474 bits per heavy atom. The van der Waals surface area contributed by atoms with Crippen LogP contribution in [-0.4, -0.2) is 6.85 Å². The van der Waals surface area contributed by atoms with Crippen LogP contribution >= 0.6 is 0 Å². The Morgan fingerprint density at radius 2 is 1.12 bits per heavy atom. The molecule has 0 fully saturated rings. The molecule has 0 spiro atoms. The molecule has 0 atom stereocenters. The first-order chi connectivity index (χ1) is 27.2. The van der Waals surface area contributed by atoms with E-state index in [2.05, 4.69) is 218 Å². The van der Waals surface area contributed by atoms with Gasteiger partial charge in [-0.25, -0.2) is 0 Å². The van der Waals surface area contributed by atoms with E-state index >= 15 is 0 Å². The third kappa shape index (κ3) is 5.38. The highest BCUT2D eigenvalue weighted by molar-refractivity contribution is 6.93. The quantitative estimate of drug-likeness (QED) is 0.167. The maximum atomic E-state index is 2.64. The van der Waals surface area contributed by atoms with E-state index < -0.39 is 0 Å². The predicted molar refractivity (Wildman–Crippen MR) is 245 cm³/mol. The maximum absolute atomic E-state index is 2.64. The van der Waals surface area contributed by atoms with Gasteiger partial charge in [0.05, 0.1) is 5.69 Å². The number of rotatable bonds is 3. The molecule has 2 nitrogen and oxygen atoms in total. The van der Waals surface area contributed by atoms with Crippen molar-refractivity contribution in [3.05, 3.63) is 173 Å². The molecule has 7 aromatic carbocycles. The summed E-state index contributed by atoms with van der Waals surface area (Å²) in [4.78, 5) is 5.26. The molecule has 7 aromatic rings. The van der Waals surface area contributed by atoms with Gasteiger partial charge in [0.2, 0.25) is 0 Å². The highest BCUT2D eigenvalue weighted by atomic mass is 15.2.